The van der Waals surface area contributed by atoms with Crippen LogP contribution in [-0.4, -0.2) is 0 Å². The quantitative estimate of drug-likeness (QED) is 0.138. The number of nitrogens with zero attached hydrogens (tertiary/aromatic N) is 3. The minimum atomic E-state index is 0.743. The lowest BCUT2D eigenvalue weighted by molar-refractivity contribution is 0.662. The Kier molecular flexibility index (Phi) is 16.9. The average Bonchev–Trinajstić information content (AvgIpc) is 1.58. The summed E-state index contributed by atoms with van der Waals surface area (Å²) >= 11 is 7.37. The second-order valence-corrected chi connectivity index (χ2v) is 40.4. The molecule has 0 spiro atoms. The van der Waals surface area contributed by atoms with Crippen molar-refractivity contribution in [1.82, 2.24) is 0 Å². The average molecular weight is 1880 g/mol. The van der Waals surface area contributed by atoms with Gasteiger partial charge in [0.2, 0.25) is 0 Å². The van der Waals surface area contributed by atoms with Gasteiger partial charge in [-0.25, -0.2) is 0 Å². The van der Waals surface area contributed by atoms with Gasteiger partial charge in [-0.3, -0.25) is 0 Å². The summed E-state index contributed by atoms with van der Waals surface area (Å²) in [6.45, 7) is 0. The summed E-state index contributed by atoms with van der Waals surface area (Å²) in [5, 5.41) is 27.0. The van der Waals surface area contributed by atoms with Crippen LogP contribution >= 0.6 is 45.3 Å². The van der Waals surface area contributed by atoms with E-state index < -0.39 is 0 Å². The summed E-state index contributed by atoms with van der Waals surface area (Å²) in [5.74, 6) is 0. The molecule has 33 aromatic rings. The first-order chi connectivity index (χ1) is 69.9. The number of furan rings is 8. The van der Waals surface area contributed by atoms with Gasteiger partial charge in [-0.15, -0.1) is 45.3 Å². The molecule has 0 aliphatic rings. The molecule has 0 fully saturated rings. The molecule has 0 atom stereocenters. The number of anilines is 9. The Hall–Kier alpha value is -17.7. The largest absolute Gasteiger partial charge is 0.456 e. The van der Waals surface area contributed by atoms with Gasteiger partial charge in [0, 0.05) is 165 Å². The number of para-hydroxylation sites is 8. The van der Waals surface area contributed by atoms with Crippen molar-refractivity contribution in [3.63, 3.8) is 0 Å². The topological polar surface area (TPSA) is 115 Å². The first-order valence-electron chi connectivity index (χ1n) is 47.0. The maximum absolute atomic E-state index is 6.86. The predicted molar refractivity (Wildman–Crippen MR) is 593 cm³/mol. The van der Waals surface area contributed by atoms with Gasteiger partial charge in [0.1, 0.15) is 72.6 Å². The SMILES string of the molecule is c1ccc2c(c1)oc1c2cc(N(c2ccc3c(c2)sc2ccccc23)c2ccc3c(c2)sc2ccccc23)c2oc3ccccc3c21.c1ccc2c(c1)oc1c2cc(N(c2cccc3c2sc2ccccc23)c2cccc3c2sc2ccccc23)c2oc3ccccc3c21.c1ccc2c(c1)oc1cc(N(c3ccc4c(c3)oc3ccccc34)c3cc4c5ccccc5oc4c4c3oc3ccccc34)ccc12. The van der Waals surface area contributed by atoms with Crippen LogP contribution in [0.15, 0.2) is 454 Å². The molecule has 0 saturated carbocycles. The van der Waals surface area contributed by atoms with Gasteiger partial charge in [-0.05, 0) is 152 Å². The summed E-state index contributed by atoms with van der Waals surface area (Å²) in [6, 6.07) is 147. The monoisotopic (exact) mass is 1880 g/mol. The van der Waals surface area contributed by atoms with Crippen LogP contribution in [0.4, 0.5) is 51.2 Å². The molecule has 0 radical (unpaired) electrons. The van der Waals surface area contributed by atoms with Crippen LogP contribution in [0.1, 0.15) is 0 Å². The van der Waals surface area contributed by atoms with Crippen LogP contribution in [0.3, 0.4) is 0 Å². The minimum absolute atomic E-state index is 0.743. The van der Waals surface area contributed by atoms with E-state index >= 15 is 0 Å². The molecule has 0 aliphatic carbocycles. The van der Waals surface area contributed by atoms with Crippen LogP contribution in [0.5, 0.6) is 0 Å². The van der Waals surface area contributed by atoms with E-state index in [2.05, 4.69) is 330 Å². The molecule has 0 aliphatic heterocycles. The van der Waals surface area contributed by atoms with Gasteiger partial charge in [-0.2, -0.15) is 0 Å². The molecule has 0 N–H and O–H groups in total. The molecule has 12 heterocycles. The Morgan fingerprint density at radius 3 is 0.716 bits per heavy atom. The molecular formula is C126H69N3O8S4. The third-order valence-electron chi connectivity index (χ3n) is 28.4. The lowest BCUT2D eigenvalue weighted by atomic mass is 10.0. The Morgan fingerprint density at radius 2 is 0.369 bits per heavy atom. The lowest BCUT2D eigenvalue weighted by Gasteiger charge is -2.27. The third kappa shape index (κ3) is 11.9. The summed E-state index contributed by atoms with van der Waals surface area (Å²) in [5.41, 5.74) is 22.5. The maximum atomic E-state index is 6.86. The molecule has 15 heteroatoms. The molecule has 21 aromatic carbocycles. The zero-order valence-corrected chi connectivity index (χ0v) is 77.8. The van der Waals surface area contributed by atoms with Crippen LogP contribution in [0, 0.1) is 0 Å². The zero-order valence-electron chi connectivity index (χ0n) is 74.6. The fourth-order valence-electron chi connectivity index (χ4n) is 22.1. The Balaban J connectivity index is 0.0000000972. The molecule has 11 nitrogen and oxygen atoms in total. The number of thiophene rings is 4. The van der Waals surface area contributed by atoms with Crippen LogP contribution in [-0.2, 0) is 0 Å². The summed E-state index contributed by atoms with van der Waals surface area (Å²) in [7, 11) is 0. The second kappa shape index (κ2) is 30.4. The fraction of sp³-hybridized carbons (Fsp3) is 0. The van der Waals surface area contributed by atoms with Gasteiger partial charge >= 0.3 is 0 Å². The number of hydrogen-bond donors (Lipinski definition) is 0. The van der Waals surface area contributed by atoms with Crippen molar-refractivity contribution >= 4 is 353 Å². The van der Waals surface area contributed by atoms with Crippen molar-refractivity contribution in [2.45, 2.75) is 0 Å². The van der Waals surface area contributed by atoms with E-state index in [1.165, 1.54) is 80.7 Å². The van der Waals surface area contributed by atoms with E-state index in [-0.39, 0.29) is 0 Å². The minimum Gasteiger partial charge on any atom is -0.456 e. The smallest absolute Gasteiger partial charge is 0.163 e. The molecule has 0 amide bonds. The number of benzene rings is 21. The van der Waals surface area contributed by atoms with Gasteiger partial charge in [0.25, 0.3) is 0 Å². The van der Waals surface area contributed by atoms with E-state index in [4.69, 9.17) is 35.3 Å². The van der Waals surface area contributed by atoms with Crippen LogP contribution in [0.25, 0.3) is 256 Å². The molecule has 0 saturated heterocycles. The summed E-state index contributed by atoms with van der Waals surface area (Å²) < 4.78 is 63.1. The van der Waals surface area contributed by atoms with Gasteiger partial charge in [0.15, 0.2) is 16.7 Å². The summed E-state index contributed by atoms with van der Waals surface area (Å²) in [4.78, 5) is 7.06. The third-order valence-corrected chi connectivity index (χ3v) is 33.0. The molecule has 0 unspecified atom stereocenters. The maximum Gasteiger partial charge on any atom is 0.163 e. The van der Waals surface area contributed by atoms with Crippen molar-refractivity contribution in [3.05, 3.63) is 419 Å². The number of rotatable bonds is 9. The zero-order chi connectivity index (χ0) is 91.9. The molecule has 141 heavy (non-hydrogen) atoms. The van der Waals surface area contributed by atoms with Gasteiger partial charge in [0.05, 0.1) is 65.4 Å². The molecule has 0 bridgehead atoms. The molecule has 33 rings (SSSR count). The van der Waals surface area contributed by atoms with Crippen molar-refractivity contribution < 1.29 is 35.3 Å². The first-order valence-corrected chi connectivity index (χ1v) is 50.3. The number of hydrogen-bond acceptors (Lipinski definition) is 15. The first kappa shape index (κ1) is 78.5. The van der Waals surface area contributed by atoms with Crippen LogP contribution in [0.2, 0.25) is 0 Å². The Morgan fingerprint density at radius 1 is 0.135 bits per heavy atom. The van der Waals surface area contributed by atoms with E-state index in [0.29, 0.717) is 0 Å². The highest BCUT2D eigenvalue weighted by atomic mass is 32.1. The van der Waals surface area contributed by atoms with Crippen molar-refractivity contribution in [3.8, 4) is 0 Å². The van der Waals surface area contributed by atoms with Crippen LogP contribution < -0.4 is 14.7 Å². The summed E-state index contributed by atoms with van der Waals surface area (Å²) in [6.07, 6.45) is 0. The van der Waals surface area contributed by atoms with Crippen molar-refractivity contribution in [2.24, 2.45) is 0 Å². The molecular weight excluding hydrogens is 1810 g/mol. The van der Waals surface area contributed by atoms with Crippen molar-refractivity contribution in [2.75, 3.05) is 14.7 Å². The van der Waals surface area contributed by atoms with E-state index in [1.807, 2.05) is 148 Å². The highest BCUT2D eigenvalue weighted by molar-refractivity contribution is 7.27. The van der Waals surface area contributed by atoms with Gasteiger partial charge < -0.3 is 50.0 Å². The normalized spacial score (nSPS) is 12.3. The van der Waals surface area contributed by atoms with E-state index in [0.717, 1.165) is 227 Å². The fourth-order valence-corrected chi connectivity index (χ4v) is 26.8. The van der Waals surface area contributed by atoms with E-state index in [1.54, 1.807) is 0 Å². The highest BCUT2D eigenvalue weighted by Crippen LogP contribution is 2.57. The van der Waals surface area contributed by atoms with E-state index in [9.17, 15) is 0 Å². The van der Waals surface area contributed by atoms with Gasteiger partial charge in [-0.1, -0.05) is 255 Å². The number of fused-ring (bicyclic) bond motifs is 39. The molecule has 12 aromatic heterocycles. The Bertz CT molecular complexity index is 10400. The standard InChI is InChI=1S/C42H23NO4.2C42H23NO2S2/c1-5-13-34-26(9-1)29-19-17-24(21-38(29)44-34)43(25-18-20-30-27-10-2-6-14-35(27)45-39(30)22-25)33-23-32-28-11-3-7-15-36(28)46-41(32)40-31-12-4-8-16-37(31)47-42(33)40;1-5-19-34-24(11-1)30-23-33(40-38(39(30)44-34)29-14-2-6-20-35(29)45-40)43(31-17-9-15-27-25-12-3-7-21-36(25)46-41(27)31)32-18-10-16-28-26-13-4-8-22-37(26)47-42(28)32;1-5-13-34-26(9-1)32-23-33(42-40(41(32)44-34)31-12-2-6-14-35(31)45-42)43(24-17-19-29-27-10-3-7-15-36(27)46-38(29)21-24)25-18-20-30-28-11-4-8-16-37(28)47-39(30)22-25/h3*1-23H. The second-order valence-electron chi connectivity index (χ2n) is 36.1. The predicted octanol–water partition coefficient (Wildman–Crippen LogP) is 40.1. The highest BCUT2D eigenvalue weighted by Gasteiger charge is 2.33. The molecule has 660 valence electrons. The van der Waals surface area contributed by atoms with Crippen molar-refractivity contribution in [1.29, 1.82) is 0 Å². The Labute approximate surface area is 814 Å². The lowest BCUT2D eigenvalue weighted by Crippen LogP contribution is -2.10.